The van der Waals surface area contributed by atoms with Crippen LogP contribution in [0.15, 0.2) is 6.33 Å². The van der Waals surface area contributed by atoms with Gasteiger partial charge in [0.1, 0.15) is 12.0 Å². The van der Waals surface area contributed by atoms with E-state index in [-0.39, 0.29) is 12.2 Å². The summed E-state index contributed by atoms with van der Waals surface area (Å²) in [5.41, 5.74) is 6.51. The largest absolute Gasteiger partial charge is 0.473 e. The normalized spacial score (nSPS) is 23.4. The average molecular weight is 266 g/mol. The highest BCUT2D eigenvalue weighted by Crippen LogP contribution is 2.27. The Morgan fingerprint density at radius 2 is 2.26 bits per heavy atom. The molecule has 1 fully saturated rings. The van der Waals surface area contributed by atoms with E-state index in [0.29, 0.717) is 23.4 Å². The Kier molecular flexibility index (Phi) is 4.42. The Morgan fingerprint density at radius 1 is 1.47 bits per heavy atom. The number of hydrogen-bond acceptors (Lipinski definition) is 6. The van der Waals surface area contributed by atoms with Gasteiger partial charge < -0.3 is 20.5 Å². The molecular formula is C13H22N4O2. The molecule has 0 bridgehead atoms. The summed E-state index contributed by atoms with van der Waals surface area (Å²) in [6.45, 7) is 6.72. The van der Waals surface area contributed by atoms with Gasteiger partial charge in [-0.15, -0.1) is 0 Å². The van der Waals surface area contributed by atoms with Gasteiger partial charge in [0.2, 0.25) is 5.88 Å². The van der Waals surface area contributed by atoms with Crippen LogP contribution < -0.4 is 15.8 Å². The number of ether oxygens (including phenoxy) is 2. The van der Waals surface area contributed by atoms with Crippen LogP contribution >= 0.6 is 0 Å². The molecule has 0 aromatic carbocycles. The predicted octanol–water partition coefficient (Wildman–Crippen LogP) is 1.83. The van der Waals surface area contributed by atoms with Gasteiger partial charge in [-0.1, -0.05) is 0 Å². The fourth-order valence-corrected chi connectivity index (χ4v) is 2.13. The van der Waals surface area contributed by atoms with Crippen LogP contribution in [0.25, 0.3) is 0 Å². The molecule has 0 amide bonds. The molecule has 0 radical (unpaired) electrons. The van der Waals surface area contributed by atoms with Crippen LogP contribution in [0, 0.1) is 0 Å². The smallest absolute Gasteiger partial charge is 0.242 e. The zero-order valence-electron chi connectivity index (χ0n) is 11.7. The van der Waals surface area contributed by atoms with Gasteiger partial charge in [-0.25, -0.2) is 4.98 Å². The Bertz CT molecular complexity index is 425. The molecule has 2 rings (SSSR count). The van der Waals surface area contributed by atoms with Gasteiger partial charge in [0.25, 0.3) is 0 Å². The summed E-state index contributed by atoms with van der Waals surface area (Å²) in [6, 6.07) is 0.327. The van der Waals surface area contributed by atoms with Gasteiger partial charge in [-0.05, 0) is 33.6 Å². The maximum Gasteiger partial charge on any atom is 0.242 e. The van der Waals surface area contributed by atoms with Crippen LogP contribution in [0.1, 0.15) is 33.6 Å². The van der Waals surface area contributed by atoms with Gasteiger partial charge in [0.05, 0.1) is 12.2 Å². The van der Waals surface area contributed by atoms with E-state index in [2.05, 4.69) is 22.2 Å². The number of aromatic nitrogens is 2. The summed E-state index contributed by atoms with van der Waals surface area (Å²) in [7, 11) is 0. The summed E-state index contributed by atoms with van der Waals surface area (Å²) in [4.78, 5) is 8.26. The van der Waals surface area contributed by atoms with Crippen molar-refractivity contribution < 1.29 is 9.47 Å². The highest BCUT2D eigenvalue weighted by atomic mass is 16.5. The second kappa shape index (κ2) is 6.06. The van der Waals surface area contributed by atoms with Crippen molar-refractivity contribution in [1.29, 1.82) is 0 Å². The maximum absolute atomic E-state index is 6.04. The van der Waals surface area contributed by atoms with E-state index in [1.54, 1.807) is 0 Å². The van der Waals surface area contributed by atoms with Crippen molar-refractivity contribution in [3.8, 4) is 5.88 Å². The van der Waals surface area contributed by atoms with Crippen molar-refractivity contribution in [2.24, 2.45) is 0 Å². The summed E-state index contributed by atoms with van der Waals surface area (Å²) < 4.78 is 11.1. The first-order valence-corrected chi connectivity index (χ1v) is 6.71. The third-order valence-corrected chi connectivity index (χ3v) is 3.02. The molecule has 106 valence electrons. The van der Waals surface area contributed by atoms with E-state index in [1.807, 2.05) is 13.8 Å². The van der Waals surface area contributed by atoms with E-state index in [9.17, 15) is 0 Å². The Hall–Kier alpha value is -1.56. The first-order chi connectivity index (χ1) is 9.06. The van der Waals surface area contributed by atoms with Gasteiger partial charge >= 0.3 is 0 Å². The summed E-state index contributed by atoms with van der Waals surface area (Å²) >= 11 is 0. The minimum absolute atomic E-state index is 0.0353. The summed E-state index contributed by atoms with van der Waals surface area (Å²) in [5.74, 6) is 1.08. The molecule has 2 atom stereocenters. The van der Waals surface area contributed by atoms with Crippen LogP contribution in [-0.4, -0.2) is 34.8 Å². The number of nitrogens with one attached hydrogen (secondary N) is 1. The molecule has 2 heterocycles. The number of anilines is 2. The second-order valence-electron chi connectivity index (χ2n) is 5.15. The number of hydrogen-bond donors (Lipinski definition) is 2. The van der Waals surface area contributed by atoms with Crippen LogP contribution in [0.5, 0.6) is 5.88 Å². The van der Waals surface area contributed by atoms with Crippen molar-refractivity contribution >= 4 is 11.5 Å². The van der Waals surface area contributed by atoms with Gasteiger partial charge in [0, 0.05) is 12.6 Å². The molecule has 1 aliphatic heterocycles. The predicted molar refractivity (Wildman–Crippen MR) is 74.3 cm³/mol. The average Bonchev–Trinajstić information content (AvgIpc) is 2.34. The number of rotatable bonds is 4. The molecule has 2 unspecified atom stereocenters. The fourth-order valence-electron chi connectivity index (χ4n) is 2.13. The van der Waals surface area contributed by atoms with Crippen molar-refractivity contribution in [2.75, 3.05) is 17.7 Å². The van der Waals surface area contributed by atoms with Gasteiger partial charge in [-0.3, -0.25) is 0 Å². The zero-order valence-corrected chi connectivity index (χ0v) is 11.7. The Labute approximate surface area is 113 Å². The first-order valence-electron chi connectivity index (χ1n) is 6.71. The molecule has 6 nitrogen and oxygen atoms in total. The number of nitrogen functional groups attached to an aromatic ring is 1. The Balaban J connectivity index is 2.07. The van der Waals surface area contributed by atoms with Gasteiger partial charge in [0.15, 0.2) is 5.82 Å². The van der Waals surface area contributed by atoms with E-state index in [1.165, 1.54) is 6.33 Å². The highest BCUT2D eigenvalue weighted by molar-refractivity contribution is 5.66. The number of nitrogens with two attached hydrogens (primary N) is 1. The molecule has 0 aliphatic carbocycles. The van der Waals surface area contributed by atoms with Crippen LogP contribution in [0.3, 0.4) is 0 Å². The SMILES string of the molecule is CC(C)Oc1ncnc(NC2CCOC(C)C2)c1N. The molecular weight excluding hydrogens is 244 g/mol. The van der Waals surface area contributed by atoms with Crippen LogP contribution in [0.2, 0.25) is 0 Å². The maximum atomic E-state index is 6.04. The quantitative estimate of drug-likeness (QED) is 0.865. The third-order valence-electron chi connectivity index (χ3n) is 3.02. The minimum atomic E-state index is 0.0353. The standard InChI is InChI=1S/C13H22N4O2/c1-8(2)19-13-11(14)12(15-7-16-13)17-10-4-5-18-9(3)6-10/h7-10H,4-6,14H2,1-3H3,(H,15,16,17). The van der Waals surface area contributed by atoms with Crippen LogP contribution in [0.4, 0.5) is 11.5 Å². The summed E-state index contributed by atoms with van der Waals surface area (Å²) in [5, 5.41) is 3.36. The lowest BCUT2D eigenvalue weighted by Crippen LogP contribution is -2.33. The van der Waals surface area contributed by atoms with Crippen molar-refractivity contribution in [3.63, 3.8) is 0 Å². The molecule has 1 aromatic heterocycles. The molecule has 0 saturated carbocycles. The summed E-state index contributed by atoms with van der Waals surface area (Å²) in [6.07, 6.45) is 3.67. The molecule has 1 saturated heterocycles. The lowest BCUT2D eigenvalue weighted by molar-refractivity contribution is 0.0232. The first kappa shape index (κ1) is 13.9. The van der Waals surface area contributed by atoms with E-state index >= 15 is 0 Å². The minimum Gasteiger partial charge on any atom is -0.473 e. The second-order valence-corrected chi connectivity index (χ2v) is 5.15. The lowest BCUT2D eigenvalue weighted by atomic mass is 10.0. The Morgan fingerprint density at radius 3 is 2.95 bits per heavy atom. The molecule has 0 spiro atoms. The van der Waals surface area contributed by atoms with E-state index < -0.39 is 0 Å². The van der Waals surface area contributed by atoms with Crippen LogP contribution in [-0.2, 0) is 4.74 Å². The fraction of sp³-hybridized carbons (Fsp3) is 0.692. The third kappa shape index (κ3) is 3.70. The van der Waals surface area contributed by atoms with Crippen molar-refractivity contribution in [3.05, 3.63) is 6.33 Å². The monoisotopic (exact) mass is 266 g/mol. The molecule has 1 aromatic rings. The highest BCUT2D eigenvalue weighted by Gasteiger charge is 2.21. The zero-order chi connectivity index (χ0) is 13.8. The van der Waals surface area contributed by atoms with E-state index in [4.69, 9.17) is 15.2 Å². The number of nitrogens with zero attached hydrogens (tertiary/aromatic N) is 2. The topological polar surface area (TPSA) is 82.3 Å². The van der Waals surface area contributed by atoms with Crippen molar-refractivity contribution in [2.45, 2.75) is 51.9 Å². The molecule has 1 aliphatic rings. The van der Waals surface area contributed by atoms with Crippen molar-refractivity contribution in [1.82, 2.24) is 9.97 Å². The lowest BCUT2D eigenvalue weighted by Gasteiger charge is -2.28. The van der Waals surface area contributed by atoms with Gasteiger partial charge in [-0.2, -0.15) is 4.98 Å². The molecule has 3 N–H and O–H groups in total. The molecule has 6 heteroatoms. The van der Waals surface area contributed by atoms with E-state index in [0.717, 1.165) is 19.4 Å². The molecule has 19 heavy (non-hydrogen) atoms.